The lowest BCUT2D eigenvalue weighted by Gasteiger charge is -2.12. The molecule has 172 valence electrons. The number of carboxylic acid groups (broad SMARTS) is 1. The van der Waals surface area contributed by atoms with E-state index in [1.807, 2.05) is 0 Å². The average Bonchev–Trinajstić information content (AvgIpc) is 3.02. The van der Waals surface area contributed by atoms with Gasteiger partial charge in [0.15, 0.2) is 18.1 Å². The lowest BCUT2D eigenvalue weighted by atomic mass is 10.2. The third kappa shape index (κ3) is 6.02. The topological polar surface area (TPSA) is 122 Å². The lowest BCUT2D eigenvalue weighted by Crippen LogP contribution is -2.36. The number of methoxy groups -OCH3 is 1. The van der Waals surface area contributed by atoms with Gasteiger partial charge in [-0.15, -0.1) is 0 Å². The van der Waals surface area contributed by atoms with Gasteiger partial charge < -0.3 is 19.9 Å². The Kier molecular flexibility index (Phi) is 7.56. The summed E-state index contributed by atoms with van der Waals surface area (Å²) in [5, 5.41) is 10.4. The van der Waals surface area contributed by atoms with Crippen LogP contribution in [0.3, 0.4) is 0 Å². The van der Waals surface area contributed by atoms with E-state index in [9.17, 15) is 23.6 Å². The number of carboxylic acids is 1. The highest BCUT2D eigenvalue weighted by atomic mass is 35.5. The standard InChI is InChI=1S/C21H16ClFN2O7S/c1-31-16-6-11(2-5-15(16)32-10-19(27)28)7-17-20(29)25(21(30)33-17)9-18(26)24-12-3-4-14(23)13(22)8-12/h2-8H,9-10H2,1H3,(H,24,26)(H,27,28)/b17-7+. The van der Waals surface area contributed by atoms with E-state index in [0.29, 0.717) is 17.3 Å². The Balaban J connectivity index is 1.70. The number of carbonyl (C=O) groups excluding carboxylic acids is 3. The Labute approximate surface area is 196 Å². The van der Waals surface area contributed by atoms with Crippen molar-refractivity contribution in [2.45, 2.75) is 0 Å². The quantitative estimate of drug-likeness (QED) is 0.533. The molecule has 3 amide bonds. The van der Waals surface area contributed by atoms with Gasteiger partial charge in [-0.2, -0.15) is 0 Å². The number of nitrogens with zero attached hydrogens (tertiary/aromatic N) is 1. The number of imide groups is 1. The van der Waals surface area contributed by atoms with Crippen LogP contribution in [-0.4, -0.2) is 53.3 Å². The summed E-state index contributed by atoms with van der Waals surface area (Å²) >= 11 is 6.33. The molecule has 0 atom stereocenters. The number of hydrogen-bond donors (Lipinski definition) is 2. The van der Waals surface area contributed by atoms with Crippen LogP contribution in [-0.2, 0) is 14.4 Å². The SMILES string of the molecule is COc1cc(/C=C2/SC(=O)N(CC(=O)Nc3ccc(F)c(Cl)c3)C2=O)ccc1OCC(=O)O. The summed E-state index contributed by atoms with van der Waals surface area (Å²) in [5.41, 5.74) is 0.705. The van der Waals surface area contributed by atoms with E-state index in [1.165, 1.54) is 37.5 Å². The number of thioether (sulfide) groups is 1. The smallest absolute Gasteiger partial charge is 0.341 e. The number of benzene rings is 2. The van der Waals surface area contributed by atoms with Crippen molar-refractivity contribution >= 4 is 58.1 Å². The summed E-state index contributed by atoms with van der Waals surface area (Å²) < 4.78 is 23.5. The number of amides is 3. The molecule has 0 aliphatic carbocycles. The number of nitrogens with one attached hydrogen (secondary N) is 1. The van der Waals surface area contributed by atoms with Crippen molar-refractivity contribution in [3.63, 3.8) is 0 Å². The number of carbonyl (C=O) groups is 4. The van der Waals surface area contributed by atoms with E-state index in [2.05, 4.69) is 5.32 Å². The minimum atomic E-state index is -1.15. The van der Waals surface area contributed by atoms with Gasteiger partial charge in [0.1, 0.15) is 12.4 Å². The molecule has 0 saturated carbocycles. The van der Waals surface area contributed by atoms with E-state index in [0.717, 1.165) is 11.0 Å². The first kappa shape index (κ1) is 24.1. The molecule has 33 heavy (non-hydrogen) atoms. The highest BCUT2D eigenvalue weighted by Gasteiger charge is 2.36. The third-order valence-electron chi connectivity index (χ3n) is 4.22. The predicted molar refractivity (Wildman–Crippen MR) is 119 cm³/mol. The molecule has 1 heterocycles. The number of anilines is 1. The molecule has 2 N–H and O–H groups in total. The van der Waals surface area contributed by atoms with Gasteiger partial charge in [0.05, 0.1) is 17.0 Å². The Bertz CT molecular complexity index is 1170. The molecule has 2 aromatic carbocycles. The zero-order valence-corrected chi connectivity index (χ0v) is 18.5. The number of hydrogen-bond acceptors (Lipinski definition) is 7. The van der Waals surface area contributed by atoms with Crippen LogP contribution >= 0.6 is 23.4 Å². The van der Waals surface area contributed by atoms with Crippen molar-refractivity contribution < 1.29 is 38.1 Å². The van der Waals surface area contributed by atoms with Crippen molar-refractivity contribution in [2.75, 3.05) is 25.6 Å². The first-order valence-corrected chi connectivity index (χ1v) is 10.4. The summed E-state index contributed by atoms with van der Waals surface area (Å²) in [4.78, 5) is 48.7. The fourth-order valence-corrected chi connectivity index (χ4v) is 3.76. The third-order valence-corrected chi connectivity index (χ3v) is 5.41. The Morgan fingerprint density at radius 2 is 1.97 bits per heavy atom. The van der Waals surface area contributed by atoms with Crippen molar-refractivity contribution in [1.82, 2.24) is 4.90 Å². The molecule has 1 fully saturated rings. The van der Waals surface area contributed by atoms with Gasteiger partial charge in [0.25, 0.3) is 11.1 Å². The fraction of sp³-hybridized carbons (Fsp3) is 0.143. The van der Waals surface area contributed by atoms with Gasteiger partial charge in [-0.25, -0.2) is 9.18 Å². The Morgan fingerprint density at radius 1 is 1.21 bits per heavy atom. The molecule has 1 aliphatic heterocycles. The monoisotopic (exact) mass is 494 g/mol. The van der Waals surface area contributed by atoms with Crippen LogP contribution in [0.4, 0.5) is 14.9 Å². The van der Waals surface area contributed by atoms with Gasteiger partial charge >= 0.3 is 5.97 Å². The summed E-state index contributed by atoms with van der Waals surface area (Å²) in [5.74, 6) is -2.69. The van der Waals surface area contributed by atoms with Gasteiger partial charge in [-0.3, -0.25) is 19.3 Å². The summed E-state index contributed by atoms with van der Waals surface area (Å²) in [6.45, 7) is -1.09. The second-order valence-corrected chi connectivity index (χ2v) is 7.94. The van der Waals surface area contributed by atoms with Gasteiger partial charge in [0, 0.05) is 5.69 Å². The minimum absolute atomic E-state index is 0.0823. The highest BCUT2D eigenvalue weighted by molar-refractivity contribution is 8.18. The normalized spacial score (nSPS) is 14.5. The van der Waals surface area contributed by atoms with Gasteiger partial charge in [-0.05, 0) is 53.7 Å². The van der Waals surface area contributed by atoms with E-state index >= 15 is 0 Å². The van der Waals surface area contributed by atoms with Crippen molar-refractivity contribution in [3.8, 4) is 11.5 Å². The first-order valence-electron chi connectivity index (χ1n) is 9.21. The molecule has 3 rings (SSSR count). The molecule has 9 nitrogen and oxygen atoms in total. The van der Waals surface area contributed by atoms with Crippen LogP contribution in [0.2, 0.25) is 5.02 Å². The number of aliphatic carboxylic acids is 1. The number of rotatable bonds is 8. The maximum Gasteiger partial charge on any atom is 0.341 e. The molecule has 0 unspecified atom stereocenters. The number of halogens is 2. The van der Waals surface area contributed by atoms with Gasteiger partial charge in [-0.1, -0.05) is 17.7 Å². The van der Waals surface area contributed by atoms with Crippen molar-refractivity contribution in [3.05, 3.63) is 57.7 Å². The molecule has 12 heteroatoms. The zero-order chi connectivity index (χ0) is 24.1. The summed E-state index contributed by atoms with van der Waals surface area (Å²) in [6.07, 6.45) is 1.44. The predicted octanol–water partition coefficient (Wildman–Crippen LogP) is 3.63. The van der Waals surface area contributed by atoms with Crippen LogP contribution in [0.25, 0.3) is 6.08 Å². The van der Waals surface area contributed by atoms with Crippen LogP contribution < -0.4 is 14.8 Å². The average molecular weight is 495 g/mol. The Hall–Kier alpha value is -3.57. The highest BCUT2D eigenvalue weighted by Crippen LogP contribution is 2.34. The van der Waals surface area contributed by atoms with Gasteiger partial charge in [0.2, 0.25) is 5.91 Å². The molecular formula is C21H16ClFN2O7S. The summed E-state index contributed by atoms with van der Waals surface area (Å²) in [7, 11) is 1.37. The van der Waals surface area contributed by atoms with E-state index in [4.69, 9.17) is 26.2 Å². The zero-order valence-electron chi connectivity index (χ0n) is 17.0. The first-order chi connectivity index (χ1) is 15.7. The molecular weight excluding hydrogens is 479 g/mol. The molecule has 0 bridgehead atoms. The largest absolute Gasteiger partial charge is 0.493 e. The molecule has 2 aromatic rings. The molecule has 0 spiro atoms. The van der Waals surface area contributed by atoms with E-state index < -0.39 is 42.0 Å². The molecule has 0 radical (unpaired) electrons. The van der Waals surface area contributed by atoms with Crippen molar-refractivity contribution in [1.29, 1.82) is 0 Å². The Morgan fingerprint density at radius 3 is 2.64 bits per heavy atom. The minimum Gasteiger partial charge on any atom is -0.493 e. The second-order valence-electron chi connectivity index (χ2n) is 6.54. The van der Waals surface area contributed by atoms with E-state index in [1.54, 1.807) is 6.07 Å². The lowest BCUT2D eigenvalue weighted by molar-refractivity contribution is -0.139. The number of ether oxygens (including phenoxy) is 2. The van der Waals surface area contributed by atoms with Crippen molar-refractivity contribution in [2.24, 2.45) is 0 Å². The second kappa shape index (κ2) is 10.4. The van der Waals surface area contributed by atoms with Crippen LogP contribution in [0, 0.1) is 5.82 Å². The molecule has 1 saturated heterocycles. The summed E-state index contributed by atoms with van der Waals surface area (Å²) in [6, 6.07) is 8.12. The fourth-order valence-electron chi connectivity index (χ4n) is 2.74. The molecule has 1 aliphatic rings. The maximum atomic E-state index is 13.2. The van der Waals surface area contributed by atoms with Crippen LogP contribution in [0.5, 0.6) is 11.5 Å². The van der Waals surface area contributed by atoms with Crippen LogP contribution in [0.1, 0.15) is 5.56 Å². The van der Waals surface area contributed by atoms with Crippen LogP contribution in [0.15, 0.2) is 41.3 Å². The molecule has 0 aromatic heterocycles. The van der Waals surface area contributed by atoms with E-state index in [-0.39, 0.29) is 27.1 Å². The maximum absolute atomic E-state index is 13.2.